The first-order chi connectivity index (χ1) is 15.6. The lowest BCUT2D eigenvalue weighted by atomic mass is 9.96. The molecule has 3 aliphatic rings. The van der Waals surface area contributed by atoms with Gasteiger partial charge in [-0.15, -0.1) is 5.10 Å². The van der Waals surface area contributed by atoms with E-state index in [1.807, 2.05) is 34.7 Å². The van der Waals surface area contributed by atoms with E-state index < -0.39 is 5.54 Å². The summed E-state index contributed by atoms with van der Waals surface area (Å²) in [5, 5.41) is 19.0. The van der Waals surface area contributed by atoms with E-state index in [4.69, 9.17) is 10.1 Å². The molecule has 5 heterocycles. The van der Waals surface area contributed by atoms with E-state index in [1.54, 1.807) is 0 Å². The van der Waals surface area contributed by atoms with Crippen LogP contribution in [0.4, 0.5) is 17.6 Å². The molecule has 1 amide bonds. The van der Waals surface area contributed by atoms with E-state index >= 15 is 0 Å². The van der Waals surface area contributed by atoms with Crippen LogP contribution in [-0.2, 0) is 4.79 Å². The molecule has 0 bridgehead atoms. The smallest absolute Gasteiger partial charge is 0.248 e. The van der Waals surface area contributed by atoms with Crippen molar-refractivity contribution < 1.29 is 4.79 Å². The third kappa shape index (κ3) is 3.29. The van der Waals surface area contributed by atoms with E-state index in [0.29, 0.717) is 17.7 Å². The Hall–Kier alpha value is -3.14. The molecule has 0 unspecified atom stereocenters. The summed E-state index contributed by atoms with van der Waals surface area (Å²) < 4.78 is 1.83. The molecule has 10 nitrogen and oxygen atoms in total. The van der Waals surface area contributed by atoms with Crippen molar-refractivity contribution in [3.63, 3.8) is 0 Å². The maximum absolute atomic E-state index is 13.5. The van der Waals surface area contributed by atoms with Gasteiger partial charge in [0, 0.05) is 56.6 Å². The third-order valence-electron chi connectivity index (χ3n) is 6.99. The van der Waals surface area contributed by atoms with Crippen molar-refractivity contribution in [3.8, 4) is 0 Å². The summed E-state index contributed by atoms with van der Waals surface area (Å²) in [6.07, 6.45) is 6.09. The molecule has 3 aromatic rings. The number of anilines is 3. The molecule has 0 aromatic carbocycles. The Morgan fingerprint density at radius 2 is 2.09 bits per heavy atom. The predicted octanol–water partition coefficient (Wildman–Crippen LogP) is 1.86. The Labute approximate surface area is 186 Å². The third-order valence-corrected chi connectivity index (χ3v) is 6.99. The van der Waals surface area contributed by atoms with Gasteiger partial charge in [-0.05, 0) is 44.7 Å². The van der Waals surface area contributed by atoms with Gasteiger partial charge in [-0.1, -0.05) is 0 Å². The highest BCUT2D eigenvalue weighted by atomic mass is 16.2. The van der Waals surface area contributed by atoms with Crippen LogP contribution in [0.25, 0.3) is 5.52 Å². The van der Waals surface area contributed by atoms with Crippen LogP contribution in [0, 0.1) is 0 Å². The maximum Gasteiger partial charge on any atom is 0.248 e. The number of nitrogens with zero attached hydrogens (tertiary/aromatic N) is 6. The standard InChI is InChI=1S/C22H29N9O/c1-22(20(32)29-12-8-23-9-13-29)7-3-10-30(22)21-25-19(17-4-2-11-31(17)28-21)24-18-14-16(26-27-18)15-5-6-15/h2,4,11,14-15,23H,3,5-10,12-13H2,1H3,(H2,24,25,26,27,28)/t22-/m0/s1. The Morgan fingerprint density at radius 1 is 1.25 bits per heavy atom. The first-order valence-corrected chi connectivity index (χ1v) is 11.6. The van der Waals surface area contributed by atoms with Crippen molar-refractivity contribution in [2.24, 2.45) is 0 Å². The zero-order chi connectivity index (χ0) is 21.7. The molecule has 32 heavy (non-hydrogen) atoms. The van der Waals surface area contributed by atoms with Crippen LogP contribution in [0.5, 0.6) is 0 Å². The Kier molecular flexibility index (Phi) is 4.56. The Bertz CT molecular complexity index is 1140. The minimum Gasteiger partial charge on any atom is -0.338 e. The van der Waals surface area contributed by atoms with Crippen molar-refractivity contribution >= 4 is 29.0 Å². The fraction of sp³-hybridized carbons (Fsp3) is 0.545. The molecule has 1 atom stereocenters. The van der Waals surface area contributed by atoms with Crippen molar-refractivity contribution in [1.82, 2.24) is 35.0 Å². The Balaban J connectivity index is 1.33. The summed E-state index contributed by atoms with van der Waals surface area (Å²) >= 11 is 0. The second-order valence-corrected chi connectivity index (χ2v) is 9.28. The van der Waals surface area contributed by atoms with Gasteiger partial charge in [-0.25, -0.2) is 4.52 Å². The monoisotopic (exact) mass is 435 g/mol. The number of carbonyl (C=O) groups is 1. The van der Waals surface area contributed by atoms with Gasteiger partial charge >= 0.3 is 0 Å². The number of aromatic nitrogens is 5. The molecule has 2 saturated heterocycles. The zero-order valence-electron chi connectivity index (χ0n) is 18.3. The lowest BCUT2D eigenvalue weighted by Crippen LogP contribution is -2.59. The normalized spacial score (nSPS) is 23.8. The molecular weight excluding hydrogens is 406 g/mol. The first kappa shape index (κ1) is 19.5. The van der Waals surface area contributed by atoms with Crippen molar-refractivity contribution in [1.29, 1.82) is 0 Å². The minimum atomic E-state index is -0.638. The summed E-state index contributed by atoms with van der Waals surface area (Å²) in [7, 11) is 0. The highest BCUT2D eigenvalue weighted by Gasteiger charge is 2.47. The number of H-pyrrole nitrogens is 1. The lowest BCUT2D eigenvalue weighted by molar-refractivity contribution is -0.136. The number of carbonyl (C=O) groups excluding carboxylic acids is 1. The predicted molar refractivity (Wildman–Crippen MR) is 121 cm³/mol. The van der Waals surface area contributed by atoms with Crippen molar-refractivity contribution in [3.05, 3.63) is 30.1 Å². The van der Waals surface area contributed by atoms with Gasteiger partial charge in [0.2, 0.25) is 11.9 Å². The van der Waals surface area contributed by atoms with E-state index in [-0.39, 0.29) is 5.91 Å². The molecule has 1 aliphatic carbocycles. The van der Waals surface area contributed by atoms with Crippen LogP contribution in [0.3, 0.4) is 0 Å². The molecular formula is C22H29N9O. The van der Waals surface area contributed by atoms with Crippen LogP contribution >= 0.6 is 0 Å². The van der Waals surface area contributed by atoms with Gasteiger partial charge in [0.25, 0.3) is 0 Å². The molecule has 0 spiro atoms. The molecule has 168 valence electrons. The fourth-order valence-corrected chi connectivity index (χ4v) is 4.97. The fourth-order valence-electron chi connectivity index (χ4n) is 4.97. The molecule has 6 rings (SSSR count). The van der Waals surface area contributed by atoms with Crippen LogP contribution in [0.1, 0.15) is 44.2 Å². The lowest BCUT2D eigenvalue weighted by Gasteiger charge is -2.39. The number of aromatic amines is 1. The molecule has 3 fully saturated rings. The summed E-state index contributed by atoms with van der Waals surface area (Å²) in [6, 6.07) is 6.00. The van der Waals surface area contributed by atoms with E-state index in [9.17, 15) is 4.79 Å². The Morgan fingerprint density at radius 3 is 2.91 bits per heavy atom. The van der Waals surface area contributed by atoms with Gasteiger partial charge in [-0.2, -0.15) is 10.1 Å². The van der Waals surface area contributed by atoms with Crippen molar-refractivity contribution in [2.75, 3.05) is 42.9 Å². The molecule has 1 saturated carbocycles. The van der Waals surface area contributed by atoms with E-state index in [2.05, 4.69) is 31.8 Å². The molecule has 0 radical (unpaired) electrons. The van der Waals surface area contributed by atoms with Crippen LogP contribution in [0.2, 0.25) is 0 Å². The summed E-state index contributed by atoms with van der Waals surface area (Å²) in [5.74, 6) is 2.79. The molecule has 3 aromatic heterocycles. The first-order valence-electron chi connectivity index (χ1n) is 11.6. The number of amides is 1. The SMILES string of the molecule is C[C@@]1(C(=O)N2CCNCC2)CCCN1c1nc(Nc2cc(C3CC3)[nH]n2)c2cccn2n1. The number of piperazine rings is 1. The van der Waals surface area contributed by atoms with Crippen LogP contribution in [0.15, 0.2) is 24.4 Å². The second-order valence-electron chi connectivity index (χ2n) is 9.28. The zero-order valence-corrected chi connectivity index (χ0v) is 18.3. The topological polar surface area (TPSA) is 106 Å². The average molecular weight is 436 g/mol. The van der Waals surface area contributed by atoms with Crippen LogP contribution < -0.4 is 15.5 Å². The highest BCUT2D eigenvalue weighted by Crippen LogP contribution is 2.40. The van der Waals surface area contributed by atoms with Gasteiger partial charge in [0.1, 0.15) is 11.1 Å². The number of fused-ring (bicyclic) bond motifs is 1. The molecule has 2 aliphatic heterocycles. The quantitative estimate of drug-likeness (QED) is 0.562. The number of hydrogen-bond donors (Lipinski definition) is 3. The largest absolute Gasteiger partial charge is 0.338 e. The second kappa shape index (κ2) is 7.47. The summed E-state index contributed by atoms with van der Waals surface area (Å²) in [6.45, 7) is 5.97. The van der Waals surface area contributed by atoms with Gasteiger partial charge in [-0.3, -0.25) is 9.89 Å². The van der Waals surface area contributed by atoms with E-state index in [0.717, 1.165) is 56.9 Å². The summed E-state index contributed by atoms with van der Waals surface area (Å²) in [5.41, 5.74) is 1.40. The number of nitrogens with one attached hydrogen (secondary N) is 3. The van der Waals surface area contributed by atoms with Gasteiger partial charge < -0.3 is 20.4 Å². The number of hydrogen-bond acceptors (Lipinski definition) is 7. The van der Waals surface area contributed by atoms with Crippen LogP contribution in [-0.4, -0.2) is 73.9 Å². The van der Waals surface area contributed by atoms with Crippen molar-refractivity contribution in [2.45, 2.75) is 44.1 Å². The summed E-state index contributed by atoms with van der Waals surface area (Å²) in [4.78, 5) is 22.5. The molecule has 3 N–H and O–H groups in total. The average Bonchev–Trinajstić information content (AvgIpc) is 3.19. The maximum atomic E-state index is 13.5. The van der Waals surface area contributed by atoms with E-state index in [1.165, 1.54) is 18.5 Å². The van der Waals surface area contributed by atoms with Gasteiger partial charge in [0.05, 0.1) is 0 Å². The highest BCUT2D eigenvalue weighted by molar-refractivity contribution is 5.90. The molecule has 10 heteroatoms. The van der Waals surface area contributed by atoms with Gasteiger partial charge in [0.15, 0.2) is 11.6 Å². The minimum absolute atomic E-state index is 0.170. The number of rotatable bonds is 5.